The number of rotatable bonds is 2. The summed E-state index contributed by atoms with van der Waals surface area (Å²) in [5, 5.41) is 0. The molecule has 15 heavy (non-hydrogen) atoms. The number of nitrogens with zero attached hydrogens (tertiary/aromatic N) is 2. The zero-order chi connectivity index (χ0) is 10.9. The Morgan fingerprint density at radius 1 is 1.53 bits per heavy atom. The molecule has 0 unspecified atom stereocenters. The Kier molecular flexibility index (Phi) is 2.26. The van der Waals surface area contributed by atoms with E-state index in [-0.39, 0.29) is 5.54 Å². The van der Waals surface area contributed by atoms with E-state index in [9.17, 15) is 4.79 Å². The molecule has 1 aliphatic rings. The third kappa shape index (κ3) is 1.88. The van der Waals surface area contributed by atoms with Crippen LogP contribution in [0.1, 0.15) is 29.8 Å². The van der Waals surface area contributed by atoms with Crippen LogP contribution in [-0.4, -0.2) is 29.3 Å². The van der Waals surface area contributed by atoms with Gasteiger partial charge in [0.05, 0.1) is 5.54 Å². The Bertz CT molecular complexity index is 424. The van der Waals surface area contributed by atoms with E-state index >= 15 is 0 Å². The maximum absolute atomic E-state index is 10.8. The second kappa shape index (κ2) is 3.46. The highest BCUT2D eigenvalue weighted by molar-refractivity contribution is 6.01. The van der Waals surface area contributed by atoms with Crippen molar-refractivity contribution in [2.75, 3.05) is 6.61 Å². The number of aromatic nitrogens is 1. The molecule has 2 rings (SSSR count). The summed E-state index contributed by atoms with van der Waals surface area (Å²) in [6.45, 7) is 4.52. The van der Waals surface area contributed by atoms with Crippen molar-refractivity contribution in [2.45, 2.75) is 19.4 Å². The molecular formula is C11H12N2O2. The SMILES string of the molecule is CC1(C)COC(c2ccncc2C=O)=N1. The molecule has 0 saturated carbocycles. The molecule has 0 aromatic carbocycles. The normalized spacial score (nSPS) is 18.1. The highest BCUT2D eigenvalue weighted by Gasteiger charge is 2.27. The molecule has 0 radical (unpaired) electrons. The third-order valence-electron chi connectivity index (χ3n) is 2.18. The van der Waals surface area contributed by atoms with Gasteiger partial charge in [0.25, 0.3) is 0 Å². The van der Waals surface area contributed by atoms with Crippen LogP contribution in [0.4, 0.5) is 0 Å². The fourth-order valence-corrected chi connectivity index (χ4v) is 1.42. The number of carbonyl (C=O) groups is 1. The minimum atomic E-state index is -0.210. The lowest BCUT2D eigenvalue weighted by molar-refractivity contribution is 0.112. The minimum absolute atomic E-state index is 0.210. The first kappa shape index (κ1) is 9.83. The number of carbonyl (C=O) groups excluding carboxylic acids is 1. The van der Waals surface area contributed by atoms with E-state index in [1.165, 1.54) is 6.20 Å². The highest BCUT2D eigenvalue weighted by atomic mass is 16.5. The Balaban J connectivity index is 2.43. The van der Waals surface area contributed by atoms with Crippen molar-refractivity contribution >= 4 is 12.2 Å². The van der Waals surface area contributed by atoms with Gasteiger partial charge in [-0.1, -0.05) is 0 Å². The van der Waals surface area contributed by atoms with Crippen molar-refractivity contribution in [2.24, 2.45) is 4.99 Å². The second-order valence-corrected chi connectivity index (χ2v) is 4.10. The van der Waals surface area contributed by atoms with Crippen LogP contribution >= 0.6 is 0 Å². The van der Waals surface area contributed by atoms with E-state index in [1.807, 2.05) is 13.8 Å². The molecule has 78 valence electrons. The molecule has 0 N–H and O–H groups in total. The molecule has 0 fully saturated rings. The van der Waals surface area contributed by atoms with Crippen LogP contribution in [0.2, 0.25) is 0 Å². The molecule has 1 aliphatic heterocycles. The lowest BCUT2D eigenvalue weighted by Gasteiger charge is -2.07. The predicted molar refractivity (Wildman–Crippen MR) is 56.2 cm³/mol. The van der Waals surface area contributed by atoms with Gasteiger partial charge in [0.15, 0.2) is 6.29 Å². The molecule has 0 amide bonds. The van der Waals surface area contributed by atoms with Crippen LogP contribution in [0, 0.1) is 0 Å². The molecule has 0 bridgehead atoms. The Morgan fingerprint density at radius 2 is 2.33 bits per heavy atom. The van der Waals surface area contributed by atoms with Gasteiger partial charge in [-0.3, -0.25) is 9.78 Å². The van der Waals surface area contributed by atoms with Gasteiger partial charge in [-0.15, -0.1) is 0 Å². The van der Waals surface area contributed by atoms with Gasteiger partial charge in [0.1, 0.15) is 6.61 Å². The van der Waals surface area contributed by atoms with Crippen LogP contribution in [0.25, 0.3) is 0 Å². The zero-order valence-electron chi connectivity index (χ0n) is 8.73. The highest BCUT2D eigenvalue weighted by Crippen LogP contribution is 2.21. The van der Waals surface area contributed by atoms with E-state index in [0.717, 1.165) is 6.29 Å². The maximum Gasteiger partial charge on any atom is 0.217 e. The fourth-order valence-electron chi connectivity index (χ4n) is 1.42. The van der Waals surface area contributed by atoms with Crippen molar-refractivity contribution in [3.63, 3.8) is 0 Å². The van der Waals surface area contributed by atoms with Crippen LogP contribution in [0.15, 0.2) is 23.5 Å². The van der Waals surface area contributed by atoms with Gasteiger partial charge in [0, 0.05) is 23.5 Å². The van der Waals surface area contributed by atoms with E-state index < -0.39 is 0 Å². The molecular weight excluding hydrogens is 192 g/mol. The number of ether oxygens (including phenoxy) is 1. The topological polar surface area (TPSA) is 51.5 Å². The van der Waals surface area contributed by atoms with E-state index in [2.05, 4.69) is 9.98 Å². The summed E-state index contributed by atoms with van der Waals surface area (Å²) >= 11 is 0. The second-order valence-electron chi connectivity index (χ2n) is 4.10. The largest absolute Gasteiger partial charge is 0.475 e. The number of hydrogen-bond acceptors (Lipinski definition) is 4. The average molecular weight is 204 g/mol. The Hall–Kier alpha value is -1.71. The maximum atomic E-state index is 10.8. The standard InChI is InChI=1S/C11H12N2O2/c1-11(2)7-15-10(13-11)9-3-4-12-5-8(9)6-14/h3-6H,7H2,1-2H3. The van der Waals surface area contributed by atoms with Gasteiger partial charge in [0.2, 0.25) is 5.90 Å². The third-order valence-corrected chi connectivity index (χ3v) is 2.18. The van der Waals surface area contributed by atoms with Gasteiger partial charge in [-0.2, -0.15) is 0 Å². The summed E-state index contributed by atoms with van der Waals surface area (Å²) in [5.41, 5.74) is 1.01. The average Bonchev–Trinajstić information content (AvgIpc) is 2.59. The van der Waals surface area contributed by atoms with Crippen molar-refractivity contribution < 1.29 is 9.53 Å². The molecule has 4 nitrogen and oxygen atoms in total. The summed E-state index contributed by atoms with van der Waals surface area (Å²) in [5.74, 6) is 0.532. The summed E-state index contributed by atoms with van der Waals surface area (Å²) in [6, 6.07) is 1.74. The Labute approximate surface area is 88.0 Å². The molecule has 0 atom stereocenters. The van der Waals surface area contributed by atoms with E-state index in [0.29, 0.717) is 23.6 Å². The minimum Gasteiger partial charge on any atom is -0.475 e. The molecule has 1 aromatic rings. The lowest BCUT2D eigenvalue weighted by Crippen LogP contribution is -2.17. The molecule has 0 aliphatic carbocycles. The van der Waals surface area contributed by atoms with E-state index in [4.69, 9.17) is 4.74 Å². The first-order valence-corrected chi connectivity index (χ1v) is 4.75. The number of aldehydes is 1. The molecule has 1 aromatic heterocycles. The number of pyridine rings is 1. The van der Waals surface area contributed by atoms with Gasteiger partial charge in [-0.25, -0.2) is 4.99 Å². The summed E-state index contributed by atoms with van der Waals surface area (Å²) in [6.07, 6.45) is 3.90. The number of hydrogen-bond donors (Lipinski definition) is 0. The van der Waals surface area contributed by atoms with Gasteiger partial charge in [-0.05, 0) is 19.9 Å². The Morgan fingerprint density at radius 3 is 2.93 bits per heavy atom. The first-order chi connectivity index (χ1) is 7.12. The zero-order valence-corrected chi connectivity index (χ0v) is 8.73. The summed E-state index contributed by atoms with van der Waals surface area (Å²) < 4.78 is 5.46. The van der Waals surface area contributed by atoms with Crippen molar-refractivity contribution in [3.05, 3.63) is 29.6 Å². The van der Waals surface area contributed by atoms with Crippen molar-refractivity contribution in [1.29, 1.82) is 0 Å². The molecule has 0 spiro atoms. The van der Waals surface area contributed by atoms with Crippen LogP contribution in [0.5, 0.6) is 0 Å². The van der Waals surface area contributed by atoms with Gasteiger partial charge >= 0.3 is 0 Å². The quantitative estimate of drug-likeness (QED) is 0.685. The van der Waals surface area contributed by atoms with Crippen LogP contribution < -0.4 is 0 Å². The van der Waals surface area contributed by atoms with E-state index in [1.54, 1.807) is 12.3 Å². The van der Waals surface area contributed by atoms with Crippen molar-refractivity contribution in [3.8, 4) is 0 Å². The number of aliphatic imine (C=N–C) groups is 1. The molecule has 4 heteroatoms. The summed E-state index contributed by atoms with van der Waals surface area (Å²) in [7, 11) is 0. The first-order valence-electron chi connectivity index (χ1n) is 4.75. The van der Waals surface area contributed by atoms with Crippen LogP contribution in [0.3, 0.4) is 0 Å². The predicted octanol–water partition coefficient (Wildman–Crippen LogP) is 1.45. The molecule has 0 saturated heterocycles. The van der Waals surface area contributed by atoms with Crippen LogP contribution in [-0.2, 0) is 4.74 Å². The van der Waals surface area contributed by atoms with Gasteiger partial charge < -0.3 is 4.74 Å². The molecule has 2 heterocycles. The monoisotopic (exact) mass is 204 g/mol. The smallest absolute Gasteiger partial charge is 0.217 e. The lowest BCUT2D eigenvalue weighted by atomic mass is 10.1. The fraction of sp³-hybridized carbons (Fsp3) is 0.364. The van der Waals surface area contributed by atoms with Crippen molar-refractivity contribution in [1.82, 2.24) is 4.98 Å². The summed E-state index contributed by atoms with van der Waals surface area (Å²) in [4.78, 5) is 19.1.